The molecule has 2 aromatic heterocycles. The molecule has 2 saturated carbocycles. The highest BCUT2D eigenvalue weighted by Crippen LogP contribution is 2.57. The lowest BCUT2D eigenvalue weighted by atomic mass is 9.84. The van der Waals surface area contributed by atoms with Gasteiger partial charge in [-0.25, -0.2) is 9.67 Å². The van der Waals surface area contributed by atoms with Crippen molar-refractivity contribution in [1.82, 2.24) is 19.7 Å². The molecule has 0 radical (unpaired) electrons. The van der Waals surface area contributed by atoms with E-state index in [4.69, 9.17) is 19.6 Å². The number of methoxy groups -OCH3 is 1. The Labute approximate surface area is 276 Å². The molecule has 6 rings (SSSR count). The summed E-state index contributed by atoms with van der Waals surface area (Å²) < 4.78 is 14.1. The summed E-state index contributed by atoms with van der Waals surface area (Å²) in [5.41, 5.74) is 1.27. The molecule has 2 fully saturated rings. The van der Waals surface area contributed by atoms with E-state index in [1.165, 1.54) is 0 Å². The van der Waals surface area contributed by atoms with Crippen LogP contribution in [0.15, 0.2) is 42.6 Å². The molecule has 0 bridgehead atoms. The second kappa shape index (κ2) is 12.4. The number of allylic oxidation sites excluding steroid dienone is 2. The zero-order chi connectivity index (χ0) is 33.7. The largest absolute Gasteiger partial charge is 0.496 e. The number of carbonyl (C=O) groups excluding carboxylic acids is 2. The second-order valence-electron chi connectivity index (χ2n) is 14.7. The number of hydrogen-bond donors (Lipinski definition) is 1. The number of amides is 1. The Morgan fingerprint density at radius 3 is 2.55 bits per heavy atom. The summed E-state index contributed by atoms with van der Waals surface area (Å²) in [7, 11) is 3.42. The molecule has 3 heterocycles. The number of hydrogen-bond acceptors (Lipinski definition) is 7. The number of aromatic nitrogens is 3. The number of Topliss-reactive ketones (excluding diaryl/α,β-unsaturated/α-hetero) is 1. The molecular weight excluding hydrogens is 596 g/mol. The van der Waals surface area contributed by atoms with Crippen molar-refractivity contribution in [3.8, 4) is 17.3 Å². The third kappa shape index (κ3) is 6.26. The predicted molar refractivity (Wildman–Crippen MR) is 178 cm³/mol. The Kier molecular flexibility index (Phi) is 8.65. The van der Waals surface area contributed by atoms with Gasteiger partial charge in [0.1, 0.15) is 23.4 Å². The van der Waals surface area contributed by atoms with E-state index in [0.29, 0.717) is 48.6 Å². The SMILES string of the molecule is COc1ccc2c(O[C@H]3CC4C(=O)N(C)CCCC/C=C\[C@@H]5C[C@@]5(C(=O)O)CC(=O)[C@@H]4C3)cc(-n3ccc(C(C)(C)C)n3)nc2c1C. The monoisotopic (exact) mass is 642 g/mol. The summed E-state index contributed by atoms with van der Waals surface area (Å²) in [5.74, 6) is -0.651. The van der Waals surface area contributed by atoms with Gasteiger partial charge < -0.3 is 19.5 Å². The minimum atomic E-state index is -1.08. The lowest BCUT2D eigenvalue weighted by molar-refractivity contribution is -0.147. The lowest BCUT2D eigenvalue weighted by Crippen LogP contribution is -2.38. The van der Waals surface area contributed by atoms with Gasteiger partial charge in [0.05, 0.1) is 29.7 Å². The fourth-order valence-corrected chi connectivity index (χ4v) is 7.37. The Bertz CT molecular complexity index is 1740. The van der Waals surface area contributed by atoms with Crippen molar-refractivity contribution >= 4 is 28.6 Å². The van der Waals surface area contributed by atoms with E-state index in [9.17, 15) is 19.5 Å². The van der Waals surface area contributed by atoms with Crippen LogP contribution in [0.3, 0.4) is 0 Å². The van der Waals surface area contributed by atoms with Crippen LogP contribution in [0.2, 0.25) is 0 Å². The number of ether oxygens (including phenoxy) is 2. The Morgan fingerprint density at radius 2 is 1.85 bits per heavy atom. The molecule has 47 heavy (non-hydrogen) atoms. The van der Waals surface area contributed by atoms with Crippen LogP contribution in [0.4, 0.5) is 0 Å². The summed E-state index contributed by atoms with van der Waals surface area (Å²) in [6.45, 7) is 8.88. The van der Waals surface area contributed by atoms with Crippen molar-refractivity contribution in [3.63, 3.8) is 0 Å². The maximum absolute atomic E-state index is 14.0. The zero-order valence-electron chi connectivity index (χ0n) is 28.3. The van der Waals surface area contributed by atoms with E-state index < -0.39 is 29.3 Å². The van der Waals surface area contributed by atoms with Gasteiger partial charge >= 0.3 is 5.97 Å². The normalized spacial score (nSPS) is 27.6. The number of benzene rings is 1. The van der Waals surface area contributed by atoms with Gasteiger partial charge in [0.15, 0.2) is 5.82 Å². The van der Waals surface area contributed by atoms with E-state index in [1.807, 2.05) is 49.5 Å². The van der Waals surface area contributed by atoms with Crippen LogP contribution in [-0.2, 0) is 19.8 Å². The molecule has 250 valence electrons. The van der Waals surface area contributed by atoms with Crippen molar-refractivity contribution in [2.45, 2.75) is 84.2 Å². The molecule has 1 aliphatic heterocycles. The molecule has 10 heteroatoms. The van der Waals surface area contributed by atoms with Gasteiger partial charge in [-0.15, -0.1) is 0 Å². The number of aliphatic carboxylic acids is 1. The fraction of sp³-hybridized carbons (Fsp3) is 0.541. The third-order valence-electron chi connectivity index (χ3n) is 10.4. The fourth-order valence-electron chi connectivity index (χ4n) is 7.37. The predicted octanol–water partition coefficient (Wildman–Crippen LogP) is 6.06. The van der Waals surface area contributed by atoms with Crippen LogP contribution in [0.1, 0.15) is 77.0 Å². The first-order valence-corrected chi connectivity index (χ1v) is 16.7. The summed E-state index contributed by atoms with van der Waals surface area (Å²) in [5, 5.41) is 15.8. The molecule has 1 aromatic carbocycles. The van der Waals surface area contributed by atoms with Crippen molar-refractivity contribution in [3.05, 3.63) is 53.9 Å². The van der Waals surface area contributed by atoms with Crippen molar-refractivity contribution < 1.29 is 29.0 Å². The number of ketones is 1. The summed E-state index contributed by atoms with van der Waals surface area (Å²) in [4.78, 5) is 46.9. The smallest absolute Gasteiger partial charge is 0.310 e. The van der Waals surface area contributed by atoms with Gasteiger partial charge in [0, 0.05) is 54.6 Å². The molecule has 5 atom stereocenters. The average molecular weight is 643 g/mol. The van der Waals surface area contributed by atoms with Crippen LogP contribution in [0.25, 0.3) is 16.7 Å². The van der Waals surface area contributed by atoms with Crippen LogP contribution in [0.5, 0.6) is 11.5 Å². The van der Waals surface area contributed by atoms with Gasteiger partial charge in [0.25, 0.3) is 0 Å². The Balaban J connectivity index is 1.35. The van der Waals surface area contributed by atoms with E-state index >= 15 is 0 Å². The number of aryl methyl sites for hydroxylation is 1. The van der Waals surface area contributed by atoms with E-state index in [-0.39, 0.29) is 29.4 Å². The minimum absolute atomic E-state index is 0.0705. The van der Waals surface area contributed by atoms with E-state index in [0.717, 1.165) is 35.9 Å². The minimum Gasteiger partial charge on any atom is -0.496 e. The lowest BCUT2D eigenvalue weighted by Gasteiger charge is -2.25. The maximum Gasteiger partial charge on any atom is 0.310 e. The quantitative estimate of drug-likeness (QED) is 0.334. The Hall–Kier alpha value is -4.21. The van der Waals surface area contributed by atoms with Crippen molar-refractivity contribution in [1.29, 1.82) is 0 Å². The summed E-state index contributed by atoms with van der Waals surface area (Å²) in [6, 6.07) is 7.65. The molecule has 1 amide bonds. The van der Waals surface area contributed by atoms with Gasteiger partial charge in [-0.3, -0.25) is 14.4 Å². The molecule has 2 aliphatic carbocycles. The van der Waals surface area contributed by atoms with Crippen molar-refractivity contribution in [2.24, 2.45) is 23.2 Å². The number of rotatable bonds is 5. The first kappa shape index (κ1) is 32.7. The highest BCUT2D eigenvalue weighted by Gasteiger charge is 2.61. The highest BCUT2D eigenvalue weighted by atomic mass is 16.5. The summed E-state index contributed by atoms with van der Waals surface area (Å²) in [6.07, 6.45) is 9.14. The third-order valence-corrected chi connectivity index (χ3v) is 10.4. The Morgan fingerprint density at radius 1 is 1.09 bits per heavy atom. The molecule has 1 unspecified atom stereocenters. The van der Waals surface area contributed by atoms with Crippen molar-refractivity contribution in [2.75, 3.05) is 20.7 Å². The average Bonchev–Trinajstić information content (AvgIpc) is 3.33. The highest BCUT2D eigenvalue weighted by molar-refractivity contribution is 5.94. The van der Waals surface area contributed by atoms with E-state index in [1.54, 1.807) is 23.7 Å². The first-order valence-electron chi connectivity index (χ1n) is 16.7. The number of pyridine rings is 1. The van der Waals surface area contributed by atoms with Crippen LogP contribution in [0, 0.1) is 30.1 Å². The van der Waals surface area contributed by atoms with Gasteiger partial charge in [-0.05, 0) is 69.6 Å². The standard InChI is InChI=1S/C37H46N4O6/c1-22-29(46-6)13-12-25-30(19-32(38-33(22)25)41-16-14-31(39-41)36(2,3)4)47-24-17-26-27(18-24)34(43)40(5)15-10-8-7-9-11-23-20-37(23,35(44)45)21-28(26)42/h9,11-14,16,19,23-24,26-27H,7-8,10,15,17-18,20-21H2,1-6H3,(H,44,45)/b11-9-/t23-,24-,26-,27?,37-/m1/s1. The molecule has 0 saturated heterocycles. The number of carbonyl (C=O) groups is 3. The van der Waals surface area contributed by atoms with Gasteiger partial charge in [-0.1, -0.05) is 32.9 Å². The topological polar surface area (TPSA) is 124 Å². The zero-order valence-corrected chi connectivity index (χ0v) is 28.3. The number of nitrogens with zero attached hydrogens (tertiary/aromatic N) is 4. The molecule has 1 N–H and O–H groups in total. The van der Waals surface area contributed by atoms with E-state index in [2.05, 4.69) is 20.8 Å². The van der Waals surface area contributed by atoms with Crippen LogP contribution < -0.4 is 9.47 Å². The number of carboxylic acid groups (broad SMARTS) is 1. The maximum atomic E-state index is 14.0. The first-order chi connectivity index (χ1) is 22.3. The van der Waals surface area contributed by atoms with Crippen LogP contribution >= 0.6 is 0 Å². The molecular formula is C37H46N4O6. The molecule has 3 aliphatic rings. The molecule has 3 aromatic rings. The van der Waals surface area contributed by atoms with Crippen LogP contribution in [-0.4, -0.2) is 69.2 Å². The molecule has 10 nitrogen and oxygen atoms in total. The summed E-state index contributed by atoms with van der Waals surface area (Å²) >= 11 is 0. The van der Waals surface area contributed by atoms with Gasteiger partial charge in [-0.2, -0.15) is 5.10 Å². The second-order valence-corrected chi connectivity index (χ2v) is 14.7. The number of fused-ring (bicyclic) bond motifs is 3. The van der Waals surface area contributed by atoms with Gasteiger partial charge in [0.2, 0.25) is 5.91 Å². The number of carboxylic acids is 1. The molecule has 0 spiro atoms.